The summed E-state index contributed by atoms with van der Waals surface area (Å²) in [6.07, 6.45) is 4.17. The number of aliphatic carboxylic acids is 1. The van der Waals surface area contributed by atoms with Gasteiger partial charge in [-0.2, -0.15) is 0 Å². The quantitative estimate of drug-likeness (QED) is 0.698. The molecule has 0 spiro atoms. The lowest BCUT2D eigenvalue weighted by atomic mass is 9.84. The van der Waals surface area contributed by atoms with Crippen molar-refractivity contribution in [3.63, 3.8) is 0 Å². The Morgan fingerprint density at radius 2 is 2.14 bits per heavy atom. The highest BCUT2D eigenvalue weighted by Crippen LogP contribution is 2.26. The molecule has 1 amide bonds. The number of amides is 1. The van der Waals surface area contributed by atoms with Crippen molar-refractivity contribution in [3.05, 3.63) is 0 Å². The van der Waals surface area contributed by atoms with Gasteiger partial charge in [0.25, 0.3) is 0 Å². The fraction of sp³-hybridized carbons (Fsp3) is 0.800. The molecule has 0 bridgehead atoms. The predicted octanol–water partition coefficient (Wildman–Crippen LogP) is 1.16. The van der Waals surface area contributed by atoms with E-state index >= 15 is 0 Å². The molecule has 1 atom stereocenters. The first-order valence-electron chi connectivity index (χ1n) is 5.18. The van der Waals surface area contributed by atoms with Gasteiger partial charge in [0.1, 0.15) is 6.04 Å². The van der Waals surface area contributed by atoms with Crippen molar-refractivity contribution in [2.75, 3.05) is 0 Å². The molecule has 1 rings (SSSR count). The minimum Gasteiger partial charge on any atom is -0.480 e. The van der Waals surface area contributed by atoms with Crippen LogP contribution in [0, 0.1) is 5.92 Å². The Balaban J connectivity index is 2.37. The molecule has 4 nitrogen and oxygen atoms in total. The zero-order chi connectivity index (χ0) is 10.6. The fourth-order valence-corrected chi connectivity index (χ4v) is 1.51. The Labute approximate surface area is 83.7 Å². The van der Waals surface area contributed by atoms with E-state index in [0.29, 0.717) is 6.42 Å². The third-order valence-corrected chi connectivity index (χ3v) is 2.67. The van der Waals surface area contributed by atoms with Crippen LogP contribution in [0.4, 0.5) is 0 Å². The van der Waals surface area contributed by atoms with Crippen molar-refractivity contribution in [3.8, 4) is 0 Å². The lowest BCUT2D eigenvalue weighted by Crippen LogP contribution is -2.45. The summed E-state index contributed by atoms with van der Waals surface area (Å²) in [5.74, 6) is -0.953. The molecule has 80 valence electrons. The molecule has 0 heterocycles. The topological polar surface area (TPSA) is 66.4 Å². The largest absolute Gasteiger partial charge is 0.480 e. The molecular weight excluding hydrogens is 182 g/mol. The van der Waals surface area contributed by atoms with Crippen LogP contribution in [0.3, 0.4) is 0 Å². The van der Waals surface area contributed by atoms with Gasteiger partial charge in [-0.3, -0.25) is 4.79 Å². The lowest BCUT2D eigenvalue weighted by molar-refractivity contribution is -0.143. The van der Waals surface area contributed by atoms with Crippen LogP contribution in [0.25, 0.3) is 0 Å². The van der Waals surface area contributed by atoms with Crippen molar-refractivity contribution in [2.45, 2.75) is 45.1 Å². The van der Waals surface area contributed by atoms with Gasteiger partial charge in [-0.1, -0.05) is 19.8 Å². The Hall–Kier alpha value is -1.06. The summed E-state index contributed by atoms with van der Waals surface area (Å²) in [7, 11) is 0. The molecule has 1 unspecified atom stereocenters. The summed E-state index contributed by atoms with van der Waals surface area (Å²) in [6, 6.07) is -0.701. The maximum Gasteiger partial charge on any atom is 0.326 e. The van der Waals surface area contributed by atoms with Crippen molar-refractivity contribution in [1.82, 2.24) is 5.32 Å². The van der Waals surface area contributed by atoms with Gasteiger partial charge in [-0.05, 0) is 19.3 Å². The van der Waals surface area contributed by atoms with Gasteiger partial charge in [-0.25, -0.2) is 4.79 Å². The Morgan fingerprint density at radius 1 is 1.50 bits per heavy atom. The van der Waals surface area contributed by atoms with Gasteiger partial charge in [0.05, 0.1) is 0 Å². The lowest BCUT2D eigenvalue weighted by Gasteiger charge is -2.25. The van der Waals surface area contributed by atoms with Gasteiger partial charge in [0.15, 0.2) is 0 Å². The second-order valence-electron chi connectivity index (χ2n) is 3.82. The summed E-state index contributed by atoms with van der Waals surface area (Å²) in [5, 5.41) is 11.4. The fourth-order valence-electron chi connectivity index (χ4n) is 1.51. The van der Waals surface area contributed by atoms with E-state index in [9.17, 15) is 9.59 Å². The smallest absolute Gasteiger partial charge is 0.326 e. The molecule has 0 aromatic heterocycles. The van der Waals surface area contributed by atoms with E-state index in [-0.39, 0.29) is 11.8 Å². The van der Waals surface area contributed by atoms with E-state index in [4.69, 9.17) is 5.11 Å². The van der Waals surface area contributed by atoms with E-state index in [1.807, 2.05) is 6.92 Å². The molecule has 0 aromatic carbocycles. The van der Waals surface area contributed by atoms with E-state index in [0.717, 1.165) is 25.7 Å². The molecule has 1 saturated carbocycles. The monoisotopic (exact) mass is 199 g/mol. The highest BCUT2D eigenvalue weighted by molar-refractivity contribution is 5.85. The summed E-state index contributed by atoms with van der Waals surface area (Å²) < 4.78 is 0. The maximum atomic E-state index is 11.4. The van der Waals surface area contributed by atoms with E-state index in [2.05, 4.69) is 5.32 Å². The average molecular weight is 199 g/mol. The summed E-state index contributed by atoms with van der Waals surface area (Å²) in [4.78, 5) is 22.2. The summed E-state index contributed by atoms with van der Waals surface area (Å²) in [6.45, 7) is 1.91. The number of carboxylic acids is 1. The van der Waals surface area contributed by atoms with Gasteiger partial charge >= 0.3 is 5.97 Å². The minimum absolute atomic E-state index is 0.0636. The molecule has 2 N–H and O–H groups in total. The second kappa shape index (κ2) is 4.98. The third kappa shape index (κ3) is 2.72. The molecule has 14 heavy (non-hydrogen) atoms. The Bertz CT molecular complexity index is 223. The molecule has 1 aliphatic rings. The summed E-state index contributed by atoms with van der Waals surface area (Å²) in [5.41, 5.74) is 0. The molecule has 0 aliphatic heterocycles. The highest BCUT2D eigenvalue weighted by atomic mass is 16.4. The standard InChI is InChI=1S/C10H17NO3/c1-2-4-8(10(13)14)11-9(12)7-5-3-6-7/h7-8H,2-6H2,1H3,(H,11,12)(H,13,14). The van der Waals surface area contributed by atoms with E-state index in [1.54, 1.807) is 0 Å². The molecule has 4 heteroatoms. The van der Waals surface area contributed by atoms with Crippen LogP contribution >= 0.6 is 0 Å². The predicted molar refractivity (Wildman–Crippen MR) is 51.8 cm³/mol. The molecule has 0 saturated heterocycles. The zero-order valence-electron chi connectivity index (χ0n) is 8.45. The number of carbonyl (C=O) groups is 2. The average Bonchev–Trinajstić information content (AvgIpc) is 1.99. The van der Waals surface area contributed by atoms with E-state index in [1.165, 1.54) is 0 Å². The van der Waals surface area contributed by atoms with Crippen molar-refractivity contribution < 1.29 is 14.7 Å². The maximum absolute atomic E-state index is 11.4. The minimum atomic E-state index is -0.931. The summed E-state index contributed by atoms with van der Waals surface area (Å²) >= 11 is 0. The Kier molecular flexibility index (Phi) is 3.92. The number of hydrogen-bond acceptors (Lipinski definition) is 2. The van der Waals surface area contributed by atoms with Gasteiger partial charge in [0, 0.05) is 5.92 Å². The zero-order valence-corrected chi connectivity index (χ0v) is 8.45. The molecule has 1 aliphatic carbocycles. The van der Waals surface area contributed by atoms with Crippen LogP contribution in [-0.4, -0.2) is 23.0 Å². The second-order valence-corrected chi connectivity index (χ2v) is 3.82. The number of carboxylic acid groups (broad SMARTS) is 1. The van der Waals surface area contributed by atoms with Crippen LogP contribution in [0.2, 0.25) is 0 Å². The number of nitrogens with one attached hydrogen (secondary N) is 1. The van der Waals surface area contributed by atoms with Gasteiger partial charge < -0.3 is 10.4 Å². The van der Waals surface area contributed by atoms with Crippen molar-refractivity contribution >= 4 is 11.9 Å². The third-order valence-electron chi connectivity index (χ3n) is 2.67. The highest BCUT2D eigenvalue weighted by Gasteiger charge is 2.28. The van der Waals surface area contributed by atoms with Crippen LogP contribution in [0.5, 0.6) is 0 Å². The Morgan fingerprint density at radius 3 is 2.50 bits per heavy atom. The molecular formula is C10H17NO3. The van der Waals surface area contributed by atoms with Gasteiger partial charge in [0.2, 0.25) is 5.91 Å². The normalized spacial score (nSPS) is 18.4. The van der Waals surface area contributed by atoms with Crippen molar-refractivity contribution in [2.24, 2.45) is 5.92 Å². The molecule has 1 fully saturated rings. The number of rotatable bonds is 5. The first-order chi connectivity index (χ1) is 6.65. The molecule has 0 aromatic rings. The number of carbonyl (C=O) groups excluding carboxylic acids is 1. The first-order valence-corrected chi connectivity index (χ1v) is 5.18. The van der Waals surface area contributed by atoms with Crippen molar-refractivity contribution in [1.29, 1.82) is 0 Å². The molecule has 0 radical (unpaired) electrons. The van der Waals surface area contributed by atoms with Gasteiger partial charge in [-0.15, -0.1) is 0 Å². The number of hydrogen-bond donors (Lipinski definition) is 2. The van der Waals surface area contributed by atoms with E-state index < -0.39 is 12.0 Å². The van der Waals surface area contributed by atoms with Crippen LogP contribution in [0.1, 0.15) is 39.0 Å². The SMILES string of the molecule is CCCC(NC(=O)C1CCC1)C(=O)O. The van der Waals surface area contributed by atoms with Crippen LogP contribution in [0.15, 0.2) is 0 Å². The first kappa shape index (κ1) is 11.0. The van der Waals surface area contributed by atoms with Crippen LogP contribution < -0.4 is 5.32 Å². The van der Waals surface area contributed by atoms with Crippen LogP contribution in [-0.2, 0) is 9.59 Å².